The maximum Gasteiger partial charge on any atom is 0.123 e. The molecule has 0 heterocycles. The van der Waals surface area contributed by atoms with Crippen molar-refractivity contribution in [3.63, 3.8) is 0 Å². The van der Waals surface area contributed by atoms with E-state index in [4.69, 9.17) is 11.6 Å². The van der Waals surface area contributed by atoms with E-state index in [9.17, 15) is 4.39 Å². The van der Waals surface area contributed by atoms with Crippen LogP contribution in [0.5, 0.6) is 0 Å². The molecule has 0 amide bonds. The first-order chi connectivity index (χ1) is 8.74. The van der Waals surface area contributed by atoms with Gasteiger partial charge in [0.15, 0.2) is 0 Å². The average Bonchev–Trinajstić information content (AvgIpc) is 2.36. The van der Waals surface area contributed by atoms with Crippen molar-refractivity contribution in [3.05, 3.63) is 34.6 Å². The molecule has 0 spiro atoms. The molecule has 0 bridgehead atoms. The van der Waals surface area contributed by atoms with Crippen molar-refractivity contribution >= 4 is 23.4 Å². The minimum atomic E-state index is -0.228. The van der Waals surface area contributed by atoms with Crippen LogP contribution in [0.25, 0.3) is 0 Å². The van der Waals surface area contributed by atoms with E-state index in [1.165, 1.54) is 43.6 Å². The Bertz CT molecular complexity index is 347. The smallest absolute Gasteiger partial charge is 0.123 e. The molecule has 0 fully saturated rings. The zero-order chi connectivity index (χ0) is 13.2. The number of benzene rings is 1. The highest BCUT2D eigenvalue weighted by Crippen LogP contribution is 2.16. The predicted octanol–water partition coefficient (Wildman–Crippen LogP) is 4.49. The maximum atomic E-state index is 13.0. The molecule has 0 saturated carbocycles. The van der Waals surface area contributed by atoms with E-state index >= 15 is 0 Å². The molecule has 0 atom stereocenters. The third-order valence-corrected chi connectivity index (χ3v) is 3.84. The SMILES string of the molecule is CSCCCCCCNCc1cc(F)ccc1Cl. The fraction of sp³-hybridized carbons (Fsp3) is 0.571. The van der Waals surface area contributed by atoms with E-state index in [1.54, 1.807) is 6.07 Å². The summed E-state index contributed by atoms with van der Waals surface area (Å²) in [6.07, 6.45) is 7.16. The van der Waals surface area contributed by atoms with Crippen LogP contribution in [0.2, 0.25) is 5.02 Å². The van der Waals surface area contributed by atoms with Gasteiger partial charge in [-0.15, -0.1) is 0 Å². The van der Waals surface area contributed by atoms with Crippen molar-refractivity contribution in [2.45, 2.75) is 32.2 Å². The molecule has 0 saturated heterocycles. The summed E-state index contributed by atoms with van der Waals surface area (Å²) in [5.41, 5.74) is 0.832. The van der Waals surface area contributed by atoms with Gasteiger partial charge in [0, 0.05) is 11.6 Å². The molecule has 0 aromatic heterocycles. The fourth-order valence-electron chi connectivity index (χ4n) is 1.75. The summed E-state index contributed by atoms with van der Waals surface area (Å²) in [5, 5.41) is 3.93. The summed E-state index contributed by atoms with van der Waals surface area (Å²) in [6.45, 7) is 1.60. The number of hydrogen-bond donors (Lipinski definition) is 1. The van der Waals surface area contributed by atoms with Crippen LogP contribution in [0.15, 0.2) is 18.2 Å². The summed E-state index contributed by atoms with van der Waals surface area (Å²) in [6, 6.07) is 4.49. The molecular formula is C14H21ClFNS. The molecule has 0 radical (unpaired) electrons. The van der Waals surface area contributed by atoms with Gasteiger partial charge in [-0.25, -0.2) is 4.39 Å². The summed E-state index contributed by atoms with van der Waals surface area (Å²) in [4.78, 5) is 0. The first-order valence-electron chi connectivity index (χ1n) is 6.37. The lowest BCUT2D eigenvalue weighted by Crippen LogP contribution is -2.15. The van der Waals surface area contributed by atoms with Gasteiger partial charge in [0.25, 0.3) is 0 Å². The van der Waals surface area contributed by atoms with Crippen molar-refractivity contribution in [2.75, 3.05) is 18.6 Å². The number of nitrogens with one attached hydrogen (secondary N) is 1. The van der Waals surface area contributed by atoms with Crippen molar-refractivity contribution in [2.24, 2.45) is 0 Å². The van der Waals surface area contributed by atoms with E-state index in [-0.39, 0.29) is 5.82 Å². The van der Waals surface area contributed by atoms with E-state index in [0.717, 1.165) is 12.1 Å². The second kappa shape index (κ2) is 9.65. The normalized spacial score (nSPS) is 10.8. The van der Waals surface area contributed by atoms with Gasteiger partial charge in [0.2, 0.25) is 0 Å². The van der Waals surface area contributed by atoms with Gasteiger partial charge < -0.3 is 5.32 Å². The Kier molecular flexibility index (Phi) is 8.47. The fourth-order valence-corrected chi connectivity index (χ4v) is 2.43. The van der Waals surface area contributed by atoms with Gasteiger partial charge in [-0.05, 0) is 55.2 Å². The summed E-state index contributed by atoms with van der Waals surface area (Å²) in [7, 11) is 0. The predicted molar refractivity (Wildman–Crippen MR) is 80.0 cm³/mol. The van der Waals surface area contributed by atoms with Crippen LogP contribution < -0.4 is 5.32 Å². The van der Waals surface area contributed by atoms with Gasteiger partial charge >= 0.3 is 0 Å². The zero-order valence-corrected chi connectivity index (χ0v) is 12.4. The molecule has 1 aromatic carbocycles. The molecule has 1 rings (SSSR count). The van der Waals surface area contributed by atoms with Crippen molar-refractivity contribution in [3.8, 4) is 0 Å². The molecule has 1 nitrogen and oxygen atoms in total. The topological polar surface area (TPSA) is 12.0 Å². The second-order valence-electron chi connectivity index (χ2n) is 4.32. The molecule has 0 aliphatic heterocycles. The van der Waals surface area contributed by atoms with E-state index in [2.05, 4.69) is 11.6 Å². The van der Waals surface area contributed by atoms with Gasteiger partial charge in [-0.1, -0.05) is 24.4 Å². The Balaban J connectivity index is 2.09. The van der Waals surface area contributed by atoms with E-state index in [0.29, 0.717) is 11.6 Å². The minimum Gasteiger partial charge on any atom is -0.313 e. The first kappa shape index (κ1) is 15.8. The highest BCUT2D eigenvalue weighted by atomic mass is 35.5. The second-order valence-corrected chi connectivity index (χ2v) is 5.71. The van der Waals surface area contributed by atoms with Crippen molar-refractivity contribution in [1.82, 2.24) is 5.32 Å². The molecule has 0 aliphatic rings. The molecular weight excluding hydrogens is 269 g/mol. The minimum absolute atomic E-state index is 0.228. The van der Waals surface area contributed by atoms with E-state index in [1.807, 2.05) is 11.8 Å². The lowest BCUT2D eigenvalue weighted by Gasteiger charge is -2.07. The molecule has 1 N–H and O–H groups in total. The number of unbranched alkanes of at least 4 members (excludes halogenated alkanes) is 3. The van der Waals surface area contributed by atoms with Gasteiger partial charge in [0.1, 0.15) is 5.82 Å². The van der Waals surface area contributed by atoms with Crippen LogP contribution in [0.3, 0.4) is 0 Å². The monoisotopic (exact) mass is 289 g/mol. The molecule has 0 unspecified atom stereocenters. The average molecular weight is 290 g/mol. The Morgan fingerprint density at radius 3 is 2.78 bits per heavy atom. The lowest BCUT2D eigenvalue weighted by molar-refractivity contribution is 0.593. The third kappa shape index (κ3) is 6.62. The maximum absolute atomic E-state index is 13.0. The van der Waals surface area contributed by atoms with E-state index < -0.39 is 0 Å². The number of rotatable bonds is 9. The lowest BCUT2D eigenvalue weighted by atomic mass is 10.2. The molecule has 4 heteroatoms. The van der Waals surface area contributed by atoms with Crippen LogP contribution >= 0.6 is 23.4 Å². The van der Waals surface area contributed by atoms with Crippen molar-refractivity contribution in [1.29, 1.82) is 0 Å². The number of thioether (sulfide) groups is 1. The summed E-state index contributed by atoms with van der Waals surface area (Å²) >= 11 is 7.89. The number of halogens is 2. The Labute approximate surface area is 118 Å². The Morgan fingerprint density at radius 1 is 1.22 bits per heavy atom. The zero-order valence-electron chi connectivity index (χ0n) is 10.8. The third-order valence-electron chi connectivity index (χ3n) is 2.78. The van der Waals surface area contributed by atoms with Gasteiger partial charge in [-0.3, -0.25) is 0 Å². The van der Waals surface area contributed by atoms with Crippen LogP contribution in [0.1, 0.15) is 31.2 Å². The molecule has 0 aliphatic carbocycles. The largest absolute Gasteiger partial charge is 0.313 e. The Hall–Kier alpha value is -0.250. The number of hydrogen-bond acceptors (Lipinski definition) is 2. The quantitative estimate of drug-likeness (QED) is 0.672. The standard InChI is InChI=1S/C14H21ClFNS/c1-18-9-5-3-2-4-8-17-11-12-10-13(16)6-7-14(12)15/h6-7,10,17H,2-5,8-9,11H2,1H3. The van der Waals surface area contributed by atoms with Gasteiger partial charge in [-0.2, -0.15) is 11.8 Å². The first-order valence-corrected chi connectivity index (χ1v) is 8.15. The summed E-state index contributed by atoms with van der Waals surface area (Å²) < 4.78 is 13.0. The molecule has 102 valence electrons. The van der Waals surface area contributed by atoms with Crippen molar-refractivity contribution < 1.29 is 4.39 Å². The highest BCUT2D eigenvalue weighted by Gasteiger charge is 2.01. The van der Waals surface area contributed by atoms with Crippen LogP contribution in [-0.2, 0) is 6.54 Å². The Morgan fingerprint density at radius 2 is 2.00 bits per heavy atom. The van der Waals surface area contributed by atoms with Crippen LogP contribution in [-0.4, -0.2) is 18.6 Å². The highest BCUT2D eigenvalue weighted by molar-refractivity contribution is 7.98. The van der Waals surface area contributed by atoms with Crippen LogP contribution in [0, 0.1) is 5.82 Å². The molecule has 1 aromatic rings. The van der Waals surface area contributed by atoms with Crippen LogP contribution in [0.4, 0.5) is 4.39 Å². The van der Waals surface area contributed by atoms with Gasteiger partial charge in [0.05, 0.1) is 0 Å². The molecule has 18 heavy (non-hydrogen) atoms. The summed E-state index contributed by atoms with van der Waals surface area (Å²) in [5.74, 6) is 1.03.